The fraction of sp³-hybridized carbons (Fsp3) is 0.375. The molecule has 3 amide bonds. The predicted octanol–water partition coefficient (Wildman–Crippen LogP) is 3.50. The maximum atomic E-state index is 12.7. The second kappa shape index (κ2) is 11.1. The van der Waals surface area contributed by atoms with Gasteiger partial charge >= 0.3 is 12.0 Å². The highest BCUT2D eigenvalue weighted by Crippen LogP contribution is 2.19. The number of nitrogens with one attached hydrogen (secondary N) is 3. The van der Waals surface area contributed by atoms with E-state index < -0.39 is 34.0 Å². The Kier molecular flexibility index (Phi) is 8.27. The molecule has 2 aromatic rings. The van der Waals surface area contributed by atoms with Gasteiger partial charge in [-0.25, -0.2) is 18.0 Å². The van der Waals surface area contributed by atoms with Gasteiger partial charge in [-0.05, 0) is 57.0 Å². The molecule has 0 aliphatic heterocycles. The van der Waals surface area contributed by atoms with Gasteiger partial charge in [-0.3, -0.25) is 14.8 Å². The molecule has 34 heavy (non-hydrogen) atoms. The summed E-state index contributed by atoms with van der Waals surface area (Å²) >= 11 is 0. The van der Waals surface area contributed by atoms with Crippen LogP contribution < -0.4 is 15.4 Å². The summed E-state index contributed by atoms with van der Waals surface area (Å²) in [5, 5.41) is 4.93. The van der Waals surface area contributed by atoms with Gasteiger partial charge in [-0.1, -0.05) is 43.0 Å². The van der Waals surface area contributed by atoms with Crippen molar-refractivity contribution in [3.63, 3.8) is 0 Å². The molecule has 10 heteroatoms. The third-order valence-electron chi connectivity index (χ3n) is 5.51. The van der Waals surface area contributed by atoms with Crippen LogP contribution in [-0.2, 0) is 19.6 Å². The summed E-state index contributed by atoms with van der Waals surface area (Å²) in [7, 11) is -3.95. The first-order valence-electron chi connectivity index (χ1n) is 11.2. The molecular weight excluding hydrogens is 458 g/mol. The topological polar surface area (TPSA) is 131 Å². The number of urea groups is 1. The van der Waals surface area contributed by atoms with Crippen LogP contribution in [0.3, 0.4) is 0 Å². The van der Waals surface area contributed by atoms with Crippen molar-refractivity contribution in [3.05, 3.63) is 59.7 Å². The van der Waals surface area contributed by atoms with Crippen LogP contribution in [0.25, 0.3) is 0 Å². The van der Waals surface area contributed by atoms with Crippen molar-refractivity contribution in [1.82, 2.24) is 10.6 Å². The molecule has 182 valence electrons. The molecule has 2 aromatic carbocycles. The third-order valence-corrected chi connectivity index (χ3v) is 6.89. The minimum atomic E-state index is -3.95. The molecule has 0 saturated heterocycles. The van der Waals surface area contributed by atoms with Crippen molar-refractivity contribution in [3.8, 4) is 0 Å². The zero-order valence-electron chi connectivity index (χ0n) is 19.2. The lowest BCUT2D eigenvalue weighted by molar-refractivity contribution is -0.127. The van der Waals surface area contributed by atoms with Crippen molar-refractivity contribution in [1.29, 1.82) is 0 Å². The molecular formula is C24H29N3O6S. The first-order chi connectivity index (χ1) is 16.1. The monoisotopic (exact) mass is 487 g/mol. The Bertz CT molecular complexity index is 1140. The number of imide groups is 1. The van der Waals surface area contributed by atoms with E-state index in [4.69, 9.17) is 4.74 Å². The maximum Gasteiger partial charge on any atom is 0.338 e. The molecule has 1 fully saturated rings. The highest BCUT2D eigenvalue weighted by molar-refractivity contribution is 7.92. The second-order valence-corrected chi connectivity index (χ2v) is 10.0. The fourth-order valence-corrected chi connectivity index (χ4v) is 4.69. The van der Waals surface area contributed by atoms with Gasteiger partial charge in [-0.15, -0.1) is 0 Å². The van der Waals surface area contributed by atoms with Crippen molar-refractivity contribution in [2.24, 2.45) is 0 Å². The van der Waals surface area contributed by atoms with Crippen LogP contribution in [0.2, 0.25) is 0 Å². The molecule has 0 radical (unpaired) electrons. The fourth-order valence-electron chi connectivity index (χ4n) is 3.59. The summed E-state index contributed by atoms with van der Waals surface area (Å²) in [6.07, 6.45) is 3.67. The predicted molar refractivity (Wildman–Crippen MR) is 127 cm³/mol. The van der Waals surface area contributed by atoms with Crippen molar-refractivity contribution in [2.75, 3.05) is 4.72 Å². The van der Waals surface area contributed by atoms with Crippen LogP contribution in [0.4, 0.5) is 10.5 Å². The summed E-state index contributed by atoms with van der Waals surface area (Å²) in [6, 6.07) is 11.5. The summed E-state index contributed by atoms with van der Waals surface area (Å²) in [6.45, 7) is 3.22. The van der Waals surface area contributed by atoms with E-state index in [2.05, 4.69) is 15.4 Å². The van der Waals surface area contributed by atoms with Crippen LogP contribution in [0, 0.1) is 6.92 Å². The van der Waals surface area contributed by atoms with Gasteiger partial charge in [0.05, 0.1) is 10.5 Å². The molecule has 9 nitrogen and oxygen atoms in total. The van der Waals surface area contributed by atoms with E-state index in [1.54, 1.807) is 24.3 Å². The number of carbonyl (C=O) groups excluding carboxylic acids is 3. The zero-order chi connectivity index (χ0) is 24.7. The lowest BCUT2D eigenvalue weighted by Gasteiger charge is -2.23. The quantitative estimate of drug-likeness (QED) is 0.513. The van der Waals surface area contributed by atoms with E-state index >= 15 is 0 Å². The Labute approximate surface area is 199 Å². The Hall–Kier alpha value is -3.40. The zero-order valence-corrected chi connectivity index (χ0v) is 20.0. The van der Waals surface area contributed by atoms with E-state index in [0.29, 0.717) is 5.69 Å². The third kappa shape index (κ3) is 7.05. The molecule has 0 spiro atoms. The molecule has 3 N–H and O–H groups in total. The van der Waals surface area contributed by atoms with Crippen LogP contribution in [0.5, 0.6) is 0 Å². The number of hydrogen-bond donors (Lipinski definition) is 3. The highest BCUT2D eigenvalue weighted by atomic mass is 32.2. The summed E-state index contributed by atoms with van der Waals surface area (Å²) in [4.78, 5) is 36.7. The largest absolute Gasteiger partial charge is 0.449 e. The summed E-state index contributed by atoms with van der Waals surface area (Å²) < 4.78 is 33.0. The van der Waals surface area contributed by atoms with E-state index in [-0.39, 0.29) is 16.5 Å². The highest BCUT2D eigenvalue weighted by Gasteiger charge is 2.24. The molecule has 0 heterocycles. The van der Waals surface area contributed by atoms with Gasteiger partial charge in [0.15, 0.2) is 6.10 Å². The van der Waals surface area contributed by atoms with E-state index in [9.17, 15) is 22.8 Å². The molecule has 0 bridgehead atoms. The van der Waals surface area contributed by atoms with Crippen LogP contribution >= 0.6 is 0 Å². The van der Waals surface area contributed by atoms with Crippen molar-refractivity contribution >= 4 is 33.6 Å². The number of anilines is 1. The van der Waals surface area contributed by atoms with Gasteiger partial charge in [0.2, 0.25) is 0 Å². The van der Waals surface area contributed by atoms with Crippen molar-refractivity contribution < 1.29 is 27.5 Å². The van der Waals surface area contributed by atoms with E-state index in [1.165, 1.54) is 31.2 Å². The molecule has 0 aromatic heterocycles. The Balaban J connectivity index is 1.58. The van der Waals surface area contributed by atoms with Crippen LogP contribution in [0.1, 0.15) is 54.9 Å². The maximum absolute atomic E-state index is 12.7. The van der Waals surface area contributed by atoms with E-state index in [0.717, 1.165) is 37.7 Å². The number of amides is 3. The minimum absolute atomic E-state index is 0.0256. The number of sulfonamides is 1. The second-order valence-electron chi connectivity index (χ2n) is 8.34. The van der Waals surface area contributed by atoms with Gasteiger partial charge in [0.1, 0.15) is 0 Å². The Morgan fingerprint density at radius 2 is 1.68 bits per heavy atom. The van der Waals surface area contributed by atoms with Gasteiger partial charge in [-0.2, -0.15) is 0 Å². The lowest BCUT2D eigenvalue weighted by Crippen LogP contribution is -2.48. The molecule has 1 atom stereocenters. The number of aryl methyl sites for hydroxylation is 1. The molecule has 1 unspecified atom stereocenters. The first-order valence-corrected chi connectivity index (χ1v) is 12.6. The van der Waals surface area contributed by atoms with Crippen molar-refractivity contribution in [2.45, 2.75) is 63.0 Å². The van der Waals surface area contributed by atoms with Gasteiger partial charge < -0.3 is 10.1 Å². The van der Waals surface area contributed by atoms with Crippen LogP contribution in [0.15, 0.2) is 53.4 Å². The number of ether oxygens (including phenoxy) is 1. The molecule has 3 rings (SSSR count). The smallest absolute Gasteiger partial charge is 0.338 e. The number of carbonyl (C=O) groups is 3. The molecule has 1 aliphatic carbocycles. The SMILES string of the molecule is Cc1ccc(NS(=O)(=O)c2cccc(C(=O)OC(C)C(=O)NC(=O)NC3CCCCC3)c2)cc1. The molecule has 1 aliphatic rings. The Morgan fingerprint density at radius 3 is 2.35 bits per heavy atom. The van der Waals surface area contributed by atoms with Crippen LogP contribution in [-0.4, -0.2) is 38.5 Å². The lowest BCUT2D eigenvalue weighted by atomic mass is 9.96. The van der Waals surface area contributed by atoms with Gasteiger partial charge in [0, 0.05) is 11.7 Å². The first kappa shape index (κ1) is 25.2. The summed E-state index contributed by atoms with van der Waals surface area (Å²) in [5.74, 6) is -1.66. The normalized spacial score (nSPS) is 15.1. The number of hydrogen-bond acceptors (Lipinski definition) is 6. The van der Waals surface area contributed by atoms with Gasteiger partial charge in [0.25, 0.3) is 15.9 Å². The average Bonchev–Trinajstić information content (AvgIpc) is 2.81. The molecule has 1 saturated carbocycles. The standard InChI is InChI=1S/C24H29N3O6S/c1-16-11-13-20(14-12-16)27-34(31,32)21-10-6-7-18(15-21)23(29)33-17(2)22(28)26-24(30)25-19-8-4-3-5-9-19/h6-7,10-15,17,19,27H,3-5,8-9H2,1-2H3,(H2,25,26,28,30). The Morgan fingerprint density at radius 1 is 1.00 bits per heavy atom. The number of benzene rings is 2. The summed E-state index contributed by atoms with van der Waals surface area (Å²) in [5.41, 5.74) is 1.32. The number of esters is 1. The average molecular weight is 488 g/mol. The minimum Gasteiger partial charge on any atom is -0.449 e. The van der Waals surface area contributed by atoms with E-state index in [1.807, 2.05) is 6.92 Å². The number of rotatable bonds is 7.